The van der Waals surface area contributed by atoms with Gasteiger partial charge in [0.05, 0.1) is 0 Å². The number of benzene rings is 1. The Labute approximate surface area is 137 Å². The van der Waals surface area contributed by atoms with Gasteiger partial charge in [-0.2, -0.15) is 28.1 Å². The van der Waals surface area contributed by atoms with E-state index in [0.717, 1.165) is 6.54 Å². The van der Waals surface area contributed by atoms with Crippen LogP contribution in [0.5, 0.6) is 0 Å². The van der Waals surface area contributed by atoms with Crippen molar-refractivity contribution < 1.29 is 13.2 Å². The second kappa shape index (κ2) is 6.60. The van der Waals surface area contributed by atoms with Crippen LogP contribution in [0.1, 0.15) is 11.4 Å². The maximum atomic E-state index is 12.8. The Bertz CT molecular complexity index is 683. The van der Waals surface area contributed by atoms with Crippen molar-refractivity contribution in [3.05, 3.63) is 41.7 Å². The van der Waals surface area contributed by atoms with Crippen molar-refractivity contribution in [2.45, 2.75) is 12.7 Å². The summed E-state index contributed by atoms with van der Waals surface area (Å²) in [4.78, 5) is 14.5. The molecule has 6 nitrogen and oxygen atoms in total. The lowest BCUT2D eigenvalue weighted by Crippen LogP contribution is -2.46. The van der Waals surface area contributed by atoms with E-state index < -0.39 is 17.9 Å². The van der Waals surface area contributed by atoms with Gasteiger partial charge in [-0.3, -0.25) is 4.90 Å². The van der Waals surface area contributed by atoms with Crippen LogP contribution in [-0.2, 0) is 12.7 Å². The van der Waals surface area contributed by atoms with Gasteiger partial charge >= 0.3 is 6.18 Å². The SMILES string of the molecule is Nc1nc(N2CCN(Cc3ccccc3)CC2)nc(C(F)(F)F)n1. The minimum atomic E-state index is -4.64. The fourth-order valence-corrected chi connectivity index (χ4v) is 2.60. The molecule has 128 valence electrons. The van der Waals surface area contributed by atoms with Crippen molar-refractivity contribution in [3.63, 3.8) is 0 Å². The maximum Gasteiger partial charge on any atom is 0.451 e. The Morgan fingerprint density at radius 3 is 2.25 bits per heavy atom. The van der Waals surface area contributed by atoms with Crippen molar-refractivity contribution in [3.8, 4) is 0 Å². The highest BCUT2D eigenvalue weighted by atomic mass is 19.4. The van der Waals surface area contributed by atoms with Gasteiger partial charge in [-0.25, -0.2) is 0 Å². The molecule has 24 heavy (non-hydrogen) atoms. The average molecular weight is 338 g/mol. The molecule has 2 aromatic rings. The molecule has 0 spiro atoms. The van der Waals surface area contributed by atoms with E-state index in [1.165, 1.54) is 5.56 Å². The van der Waals surface area contributed by atoms with Crippen LogP contribution in [0.3, 0.4) is 0 Å². The molecule has 3 rings (SSSR count). The number of halogens is 3. The van der Waals surface area contributed by atoms with Crippen molar-refractivity contribution in [2.24, 2.45) is 0 Å². The van der Waals surface area contributed by atoms with Crippen LogP contribution in [0.25, 0.3) is 0 Å². The summed E-state index contributed by atoms with van der Waals surface area (Å²) in [5, 5.41) is 0. The third-order valence-corrected chi connectivity index (χ3v) is 3.80. The summed E-state index contributed by atoms with van der Waals surface area (Å²) in [6.07, 6.45) is -4.64. The number of nitrogen functional groups attached to an aromatic ring is 1. The first-order chi connectivity index (χ1) is 11.4. The van der Waals surface area contributed by atoms with E-state index in [0.29, 0.717) is 26.2 Å². The molecule has 2 N–H and O–H groups in total. The standard InChI is InChI=1S/C15H17F3N6/c16-15(17,18)12-20-13(19)22-14(21-12)24-8-6-23(7-9-24)10-11-4-2-1-3-5-11/h1-5H,6-10H2,(H2,19,20,21,22). The minimum absolute atomic E-state index is 0.0193. The normalized spacial score (nSPS) is 16.4. The molecule has 1 saturated heterocycles. The molecular formula is C15H17F3N6. The van der Waals surface area contributed by atoms with E-state index in [4.69, 9.17) is 5.73 Å². The highest BCUT2D eigenvalue weighted by Crippen LogP contribution is 2.27. The Morgan fingerprint density at radius 1 is 0.958 bits per heavy atom. The molecule has 9 heteroatoms. The number of nitrogens with zero attached hydrogens (tertiary/aromatic N) is 5. The van der Waals surface area contributed by atoms with Crippen LogP contribution in [0, 0.1) is 0 Å². The number of rotatable bonds is 3. The summed E-state index contributed by atoms with van der Waals surface area (Å²) >= 11 is 0. The highest BCUT2D eigenvalue weighted by Gasteiger charge is 2.36. The number of alkyl halides is 3. The van der Waals surface area contributed by atoms with Gasteiger partial charge in [0.25, 0.3) is 0 Å². The summed E-state index contributed by atoms with van der Waals surface area (Å²) in [6.45, 7) is 3.30. The molecule has 1 aliphatic heterocycles. The van der Waals surface area contributed by atoms with Gasteiger partial charge in [0, 0.05) is 32.7 Å². The average Bonchev–Trinajstić information content (AvgIpc) is 2.55. The van der Waals surface area contributed by atoms with Gasteiger partial charge in [0.15, 0.2) is 0 Å². The summed E-state index contributed by atoms with van der Waals surface area (Å²) in [5.74, 6) is -1.69. The molecule has 0 radical (unpaired) electrons. The third-order valence-electron chi connectivity index (χ3n) is 3.80. The van der Waals surface area contributed by atoms with Gasteiger partial charge in [-0.15, -0.1) is 0 Å². The van der Waals surface area contributed by atoms with Gasteiger partial charge in [0.2, 0.25) is 17.7 Å². The van der Waals surface area contributed by atoms with Crippen LogP contribution in [-0.4, -0.2) is 46.0 Å². The summed E-state index contributed by atoms with van der Waals surface area (Å²) in [5.41, 5.74) is 6.60. The van der Waals surface area contributed by atoms with Crippen molar-refractivity contribution >= 4 is 11.9 Å². The van der Waals surface area contributed by atoms with Gasteiger partial charge in [0.1, 0.15) is 0 Å². The zero-order valence-electron chi connectivity index (χ0n) is 12.9. The lowest BCUT2D eigenvalue weighted by molar-refractivity contribution is -0.144. The summed E-state index contributed by atoms with van der Waals surface area (Å²) in [7, 11) is 0. The predicted octanol–water partition coefficient (Wildman–Crippen LogP) is 1.79. The monoisotopic (exact) mass is 338 g/mol. The van der Waals surface area contributed by atoms with E-state index in [1.54, 1.807) is 4.90 Å². The number of hydrogen-bond acceptors (Lipinski definition) is 6. The molecule has 0 amide bonds. The molecule has 1 aromatic heterocycles. The Balaban J connectivity index is 1.65. The smallest absolute Gasteiger partial charge is 0.368 e. The summed E-state index contributed by atoms with van der Waals surface area (Å²) < 4.78 is 38.4. The topological polar surface area (TPSA) is 71.2 Å². The largest absolute Gasteiger partial charge is 0.451 e. The number of aromatic nitrogens is 3. The molecule has 1 fully saturated rings. The fourth-order valence-electron chi connectivity index (χ4n) is 2.60. The Hall–Kier alpha value is -2.42. The molecule has 2 heterocycles. The molecule has 1 aromatic carbocycles. The van der Waals surface area contributed by atoms with Crippen molar-refractivity contribution in [1.29, 1.82) is 0 Å². The van der Waals surface area contributed by atoms with Crippen LogP contribution in [0.15, 0.2) is 30.3 Å². The molecule has 1 aliphatic rings. The fraction of sp³-hybridized carbons (Fsp3) is 0.400. The lowest BCUT2D eigenvalue weighted by atomic mass is 10.2. The third kappa shape index (κ3) is 3.91. The molecule has 0 unspecified atom stereocenters. The molecule has 0 saturated carbocycles. The van der Waals surface area contributed by atoms with Crippen LogP contribution in [0.2, 0.25) is 0 Å². The molecular weight excluding hydrogens is 321 g/mol. The second-order valence-electron chi connectivity index (χ2n) is 5.56. The number of nitrogens with two attached hydrogens (primary N) is 1. The van der Waals surface area contributed by atoms with E-state index in [-0.39, 0.29) is 5.95 Å². The zero-order chi connectivity index (χ0) is 17.2. The van der Waals surface area contributed by atoms with Gasteiger partial charge in [-0.05, 0) is 5.56 Å². The lowest BCUT2D eigenvalue weighted by Gasteiger charge is -2.34. The first kappa shape index (κ1) is 16.4. The highest BCUT2D eigenvalue weighted by molar-refractivity contribution is 5.35. The number of hydrogen-bond donors (Lipinski definition) is 1. The maximum absolute atomic E-state index is 12.8. The van der Waals surface area contributed by atoms with E-state index in [9.17, 15) is 13.2 Å². The zero-order valence-corrected chi connectivity index (χ0v) is 12.9. The quantitative estimate of drug-likeness (QED) is 0.920. The van der Waals surface area contributed by atoms with E-state index >= 15 is 0 Å². The molecule has 0 bridgehead atoms. The number of anilines is 2. The first-order valence-corrected chi connectivity index (χ1v) is 7.52. The van der Waals surface area contributed by atoms with Crippen molar-refractivity contribution in [1.82, 2.24) is 19.9 Å². The van der Waals surface area contributed by atoms with Gasteiger partial charge in [-0.1, -0.05) is 30.3 Å². The molecule has 0 aliphatic carbocycles. The van der Waals surface area contributed by atoms with Crippen LogP contribution < -0.4 is 10.6 Å². The Morgan fingerprint density at radius 2 is 1.62 bits per heavy atom. The first-order valence-electron chi connectivity index (χ1n) is 7.52. The van der Waals surface area contributed by atoms with Crippen molar-refractivity contribution in [2.75, 3.05) is 36.8 Å². The van der Waals surface area contributed by atoms with Crippen LogP contribution >= 0.6 is 0 Å². The van der Waals surface area contributed by atoms with E-state index in [1.807, 2.05) is 18.2 Å². The minimum Gasteiger partial charge on any atom is -0.368 e. The predicted molar refractivity (Wildman–Crippen MR) is 83.2 cm³/mol. The Kier molecular flexibility index (Phi) is 4.52. The second-order valence-corrected chi connectivity index (χ2v) is 5.56. The van der Waals surface area contributed by atoms with E-state index in [2.05, 4.69) is 32.0 Å². The van der Waals surface area contributed by atoms with Gasteiger partial charge < -0.3 is 10.6 Å². The molecule has 0 atom stereocenters. The van der Waals surface area contributed by atoms with Crippen LogP contribution in [0.4, 0.5) is 25.1 Å². The summed E-state index contributed by atoms with van der Waals surface area (Å²) in [6, 6.07) is 10.0. The number of piperazine rings is 1.